The van der Waals surface area contributed by atoms with Gasteiger partial charge in [-0.25, -0.2) is 4.79 Å². The molecule has 6 nitrogen and oxygen atoms in total. The van der Waals surface area contributed by atoms with Crippen LogP contribution in [0, 0.1) is 0 Å². The van der Waals surface area contributed by atoms with Crippen LogP contribution >= 0.6 is 0 Å². The van der Waals surface area contributed by atoms with Gasteiger partial charge < -0.3 is 14.7 Å². The molecule has 2 N–H and O–H groups in total. The number of hydrogen-bond acceptors (Lipinski definition) is 5. The largest absolute Gasteiger partial charge is 0.478 e. The zero-order valence-corrected chi connectivity index (χ0v) is 16.8. The minimum atomic E-state index is -0.976. The van der Waals surface area contributed by atoms with E-state index in [9.17, 15) is 9.90 Å². The van der Waals surface area contributed by atoms with E-state index in [0.29, 0.717) is 5.69 Å². The molecule has 6 heteroatoms. The summed E-state index contributed by atoms with van der Waals surface area (Å²) in [7, 11) is 0. The predicted octanol–water partition coefficient (Wildman–Crippen LogP) is 4.25. The molecule has 2 aliphatic rings. The molecule has 1 fully saturated rings. The van der Waals surface area contributed by atoms with Crippen LogP contribution in [0.4, 0.5) is 5.69 Å². The van der Waals surface area contributed by atoms with E-state index < -0.39 is 5.97 Å². The maximum absolute atomic E-state index is 11.4. The Morgan fingerprint density at radius 2 is 1.77 bits per heavy atom. The average molecular weight is 403 g/mol. The number of carbonyl (C=O) groups is 1. The number of anilines is 1. The second kappa shape index (κ2) is 9.41. The lowest BCUT2D eigenvalue weighted by Gasteiger charge is -2.31. The molecule has 2 aromatic rings. The molecule has 0 atom stereocenters. The van der Waals surface area contributed by atoms with Gasteiger partial charge in [-0.3, -0.25) is 5.43 Å². The van der Waals surface area contributed by atoms with E-state index in [4.69, 9.17) is 4.74 Å². The number of hydrogen-bond donors (Lipinski definition) is 2. The molecule has 1 heterocycles. The van der Waals surface area contributed by atoms with Crippen LogP contribution in [0.25, 0.3) is 6.08 Å². The summed E-state index contributed by atoms with van der Waals surface area (Å²) in [6, 6.07) is 17.1. The number of para-hydroxylation sites is 1. The molecule has 154 valence electrons. The van der Waals surface area contributed by atoms with Gasteiger partial charge >= 0.3 is 5.97 Å². The van der Waals surface area contributed by atoms with Crippen molar-refractivity contribution in [3.05, 3.63) is 82.6 Å². The molecule has 0 saturated carbocycles. The molecule has 1 aliphatic heterocycles. The number of allylic oxidation sites excluding steroid dienone is 2. The van der Waals surface area contributed by atoms with E-state index in [2.05, 4.69) is 33.6 Å². The van der Waals surface area contributed by atoms with Gasteiger partial charge in [-0.05, 0) is 47.8 Å². The van der Waals surface area contributed by atoms with Crippen LogP contribution in [0.15, 0.2) is 76.5 Å². The van der Waals surface area contributed by atoms with Crippen molar-refractivity contribution < 1.29 is 14.6 Å². The summed E-state index contributed by atoms with van der Waals surface area (Å²) >= 11 is 0. The monoisotopic (exact) mass is 403 g/mol. The van der Waals surface area contributed by atoms with E-state index in [-0.39, 0.29) is 5.56 Å². The van der Waals surface area contributed by atoms with Crippen molar-refractivity contribution in [3.63, 3.8) is 0 Å². The lowest BCUT2D eigenvalue weighted by Crippen LogP contribution is -2.36. The SMILES string of the molecule is O=C(O)c1ccccc1N/N=C\C1=C(N2CCOCC2)C(=C/c2ccccc2)/CC1. The molecule has 1 saturated heterocycles. The van der Waals surface area contributed by atoms with Crippen molar-refractivity contribution in [2.45, 2.75) is 12.8 Å². The van der Waals surface area contributed by atoms with Crippen LogP contribution < -0.4 is 5.43 Å². The Balaban J connectivity index is 1.61. The number of ether oxygens (including phenoxy) is 1. The highest BCUT2D eigenvalue weighted by atomic mass is 16.5. The predicted molar refractivity (Wildman–Crippen MR) is 119 cm³/mol. The quantitative estimate of drug-likeness (QED) is 0.557. The second-order valence-electron chi connectivity index (χ2n) is 7.27. The van der Waals surface area contributed by atoms with E-state index in [0.717, 1.165) is 44.7 Å². The van der Waals surface area contributed by atoms with E-state index in [1.54, 1.807) is 24.3 Å². The number of rotatable bonds is 6. The van der Waals surface area contributed by atoms with Gasteiger partial charge in [-0.2, -0.15) is 5.10 Å². The molecule has 2 aromatic carbocycles. The fourth-order valence-electron chi connectivity index (χ4n) is 3.87. The highest BCUT2D eigenvalue weighted by Gasteiger charge is 2.25. The molecule has 0 aromatic heterocycles. The maximum Gasteiger partial charge on any atom is 0.337 e. The lowest BCUT2D eigenvalue weighted by molar-refractivity contribution is 0.0548. The van der Waals surface area contributed by atoms with Crippen molar-refractivity contribution >= 4 is 23.9 Å². The number of morpholine rings is 1. The molecule has 0 radical (unpaired) electrons. The van der Waals surface area contributed by atoms with Crippen LogP contribution in [0.3, 0.4) is 0 Å². The van der Waals surface area contributed by atoms with Gasteiger partial charge in [-0.1, -0.05) is 42.5 Å². The minimum Gasteiger partial charge on any atom is -0.478 e. The number of hydrazone groups is 1. The molecular weight excluding hydrogens is 378 g/mol. The number of benzene rings is 2. The first kappa shape index (κ1) is 19.9. The van der Waals surface area contributed by atoms with Gasteiger partial charge in [0.15, 0.2) is 0 Å². The maximum atomic E-state index is 11.4. The Kier molecular flexibility index (Phi) is 6.25. The van der Waals surface area contributed by atoms with Crippen LogP contribution in [-0.2, 0) is 4.74 Å². The molecule has 0 bridgehead atoms. The summed E-state index contributed by atoms with van der Waals surface area (Å²) in [5.41, 5.74) is 8.44. The highest BCUT2D eigenvalue weighted by Crippen LogP contribution is 2.35. The van der Waals surface area contributed by atoms with Gasteiger partial charge in [0, 0.05) is 18.8 Å². The third-order valence-electron chi connectivity index (χ3n) is 5.30. The Morgan fingerprint density at radius 1 is 1.03 bits per heavy atom. The Bertz CT molecular complexity index is 990. The lowest BCUT2D eigenvalue weighted by atomic mass is 10.1. The molecule has 30 heavy (non-hydrogen) atoms. The summed E-state index contributed by atoms with van der Waals surface area (Å²) < 4.78 is 5.54. The molecule has 0 unspecified atom stereocenters. The van der Waals surface area contributed by atoms with Crippen molar-refractivity contribution in [1.82, 2.24) is 4.90 Å². The van der Waals surface area contributed by atoms with Gasteiger partial charge in [-0.15, -0.1) is 0 Å². The standard InChI is InChI=1S/C24H25N3O3/c28-24(29)21-8-4-5-9-22(21)26-25-17-20-11-10-19(16-18-6-2-1-3-7-18)23(20)27-12-14-30-15-13-27/h1-9,16-17,26H,10-15H2,(H,28,29)/b19-16+,25-17-. The highest BCUT2D eigenvalue weighted by molar-refractivity contribution is 5.94. The van der Waals surface area contributed by atoms with Gasteiger partial charge in [0.05, 0.1) is 30.7 Å². The smallest absolute Gasteiger partial charge is 0.337 e. The number of aromatic carboxylic acids is 1. The average Bonchev–Trinajstić information content (AvgIpc) is 3.17. The third kappa shape index (κ3) is 4.60. The first-order valence-corrected chi connectivity index (χ1v) is 10.2. The summed E-state index contributed by atoms with van der Waals surface area (Å²) in [6.45, 7) is 3.15. The van der Waals surface area contributed by atoms with E-state index in [1.165, 1.54) is 16.8 Å². The second-order valence-corrected chi connectivity index (χ2v) is 7.27. The molecule has 0 amide bonds. The molecular formula is C24H25N3O3. The van der Waals surface area contributed by atoms with E-state index >= 15 is 0 Å². The van der Waals surface area contributed by atoms with Gasteiger partial charge in [0.2, 0.25) is 0 Å². The summed E-state index contributed by atoms with van der Waals surface area (Å²) in [4.78, 5) is 13.8. The number of carboxylic acids is 1. The Hall–Kier alpha value is -3.38. The Morgan fingerprint density at radius 3 is 2.53 bits per heavy atom. The van der Waals surface area contributed by atoms with Gasteiger partial charge in [0.25, 0.3) is 0 Å². The van der Waals surface area contributed by atoms with Crippen LogP contribution in [0.1, 0.15) is 28.8 Å². The number of carboxylic acid groups (broad SMARTS) is 1. The first-order chi connectivity index (χ1) is 14.7. The summed E-state index contributed by atoms with van der Waals surface area (Å²) in [5.74, 6) is -0.976. The van der Waals surface area contributed by atoms with Crippen LogP contribution in [0.2, 0.25) is 0 Å². The van der Waals surface area contributed by atoms with Crippen molar-refractivity contribution in [3.8, 4) is 0 Å². The zero-order chi connectivity index (χ0) is 20.8. The van der Waals surface area contributed by atoms with Crippen molar-refractivity contribution in [2.75, 3.05) is 31.7 Å². The topological polar surface area (TPSA) is 74.2 Å². The number of nitrogens with one attached hydrogen (secondary N) is 1. The summed E-state index contributed by atoms with van der Waals surface area (Å²) in [5, 5.41) is 13.7. The molecule has 1 aliphatic carbocycles. The minimum absolute atomic E-state index is 0.202. The zero-order valence-electron chi connectivity index (χ0n) is 16.8. The normalized spacial score (nSPS) is 18.4. The van der Waals surface area contributed by atoms with Crippen LogP contribution in [0.5, 0.6) is 0 Å². The molecule has 0 spiro atoms. The van der Waals surface area contributed by atoms with Gasteiger partial charge in [0.1, 0.15) is 0 Å². The number of nitrogens with zero attached hydrogens (tertiary/aromatic N) is 2. The fourth-order valence-corrected chi connectivity index (χ4v) is 3.87. The molecule has 4 rings (SSSR count). The summed E-state index contributed by atoms with van der Waals surface area (Å²) in [6.07, 6.45) is 5.93. The first-order valence-electron chi connectivity index (χ1n) is 10.2. The van der Waals surface area contributed by atoms with E-state index in [1.807, 2.05) is 24.4 Å². The third-order valence-corrected chi connectivity index (χ3v) is 5.30. The van der Waals surface area contributed by atoms with Crippen LogP contribution in [-0.4, -0.2) is 48.5 Å². The Labute approximate surface area is 176 Å². The van der Waals surface area contributed by atoms with Crippen molar-refractivity contribution in [1.29, 1.82) is 0 Å². The van der Waals surface area contributed by atoms with Crippen molar-refractivity contribution in [2.24, 2.45) is 5.10 Å². The fraction of sp³-hybridized carbons (Fsp3) is 0.250.